The normalized spacial score (nSPS) is 19.2. The third-order valence-electron chi connectivity index (χ3n) is 2.31. The summed E-state index contributed by atoms with van der Waals surface area (Å²) in [5.74, 6) is -0.283. The van der Waals surface area contributed by atoms with Crippen molar-refractivity contribution >= 4 is 23.7 Å². The van der Waals surface area contributed by atoms with Gasteiger partial charge in [-0.1, -0.05) is 12.8 Å². The van der Waals surface area contributed by atoms with E-state index in [2.05, 4.69) is 5.32 Å². The van der Waals surface area contributed by atoms with E-state index in [1.165, 1.54) is 25.7 Å². The molecule has 1 rings (SSSR count). The van der Waals surface area contributed by atoms with Crippen molar-refractivity contribution in [2.24, 2.45) is 5.73 Å². The van der Waals surface area contributed by atoms with E-state index < -0.39 is 6.03 Å². The van der Waals surface area contributed by atoms with E-state index >= 15 is 0 Å². The first-order chi connectivity index (χ1) is 6.59. The van der Waals surface area contributed by atoms with Crippen LogP contribution in [0.1, 0.15) is 32.6 Å². The van der Waals surface area contributed by atoms with Gasteiger partial charge in [0.1, 0.15) is 0 Å². The average Bonchev–Trinajstić information content (AvgIpc) is 2.55. The number of urea groups is 1. The van der Waals surface area contributed by atoms with Crippen LogP contribution in [0.25, 0.3) is 0 Å². The number of nitrogens with one attached hydrogen (secondary N) is 1. The minimum atomic E-state index is -0.770. The summed E-state index contributed by atoms with van der Waals surface area (Å²) in [6.07, 6.45) is 4.86. The molecule has 80 valence electrons. The molecule has 0 aliphatic heterocycles. The molecular weight excluding hydrogens is 200 g/mol. The van der Waals surface area contributed by atoms with Gasteiger partial charge in [-0.2, -0.15) is 0 Å². The first-order valence-corrected chi connectivity index (χ1v) is 5.79. The number of hydrogen-bond acceptors (Lipinski definition) is 3. The standard InChI is InChI=1S/C9H16N2O2S/c1-6(8(12)11-9(10)13)14-7-4-2-3-5-7/h6-7H,2-5H2,1H3,(H3,10,11,12,13)/t6-/m0/s1. The quantitative estimate of drug-likeness (QED) is 0.745. The highest BCUT2D eigenvalue weighted by Gasteiger charge is 2.22. The topological polar surface area (TPSA) is 72.2 Å². The van der Waals surface area contributed by atoms with E-state index in [1.807, 2.05) is 0 Å². The Morgan fingerprint density at radius 2 is 2.00 bits per heavy atom. The summed E-state index contributed by atoms with van der Waals surface area (Å²) in [5, 5.41) is 2.48. The molecule has 1 aliphatic rings. The van der Waals surface area contributed by atoms with Crippen LogP contribution >= 0.6 is 11.8 Å². The molecule has 3 N–H and O–H groups in total. The predicted molar refractivity (Wildman–Crippen MR) is 57.0 cm³/mol. The number of imide groups is 1. The summed E-state index contributed by atoms with van der Waals surface area (Å²) in [4.78, 5) is 21.7. The predicted octanol–water partition coefficient (Wildman–Crippen LogP) is 1.25. The fourth-order valence-electron chi connectivity index (χ4n) is 1.60. The molecule has 1 saturated carbocycles. The zero-order chi connectivity index (χ0) is 10.6. The molecule has 0 spiro atoms. The van der Waals surface area contributed by atoms with Crippen molar-refractivity contribution in [3.8, 4) is 0 Å². The van der Waals surface area contributed by atoms with E-state index in [9.17, 15) is 9.59 Å². The fraction of sp³-hybridized carbons (Fsp3) is 0.778. The van der Waals surface area contributed by atoms with Crippen LogP contribution in [0.2, 0.25) is 0 Å². The van der Waals surface area contributed by atoms with Gasteiger partial charge < -0.3 is 5.73 Å². The second-order valence-electron chi connectivity index (χ2n) is 3.54. The van der Waals surface area contributed by atoms with E-state index in [-0.39, 0.29) is 11.2 Å². The van der Waals surface area contributed by atoms with Gasteiger partial charge in [0.15, 0.2) is 0 Å². The van der Waals surface area contributed by atoms with Gasteiger partial charge in [-0.25, -0.2) is 4.79 Å². The molecule has 5 heteroatoms. The van der Waals surface area contributed by atoms with Crippen LogP contribution in [-0.2, 0) is 4.79 Å². The maximum atomic E-state index is 11.3. The summed E-state index contributed by atoms with van der Waals surface area (Å²) in [7, 11) is 0. The number of rotatable bonds is 3. The SMILES string of the molecule is C[C@H](SC1CCCC1)C(=O)NC(N)=O. The Balaban J connectivity index is 2.29. The third kappa shape index (κ3) is 3.57. The number of hydrogen-bond donors (Lipinski definition) is 2. The molecular formula is C9H16N2O2S. The Labute approximate surface area is 88.0 Å². The van der Waals surface area contributed by atoms with Gasteiger partial charge in [0, 0.05) is 5.25 Å². The fourth-order valence-corrected chi connectivity index (χ4v) is 2.96. The lowest BCUT2D eigenvalue weighted by atomic mass is 10.4. The Bertz CT molecular complexity index is 227. The molecule has 0 bridgehead atoms. The minimum absolute atomic E-state index is 0.189. The van der Waals surface area contributed by atoms with E-state index in [1.54, 1.807) is 18.7 Å². The lowest BCUT2D eigenvalue weighted by Gasteiger charge is -2.14. The summed E-state index contributed by atoms with van der Waals surface area (Å²) in [5.41, 5.74) is 4.86. The van der Waals surface area contributed by atoms with Gasteiger partial charge in [0.25, 0.3) is 0 Å². The highest BCUT2D eigenvalue weighted by Crippen LogP contribution is 2.32. The molecule has 4 nitrogen and oxygen atoms in total. The first-order valence-electron chi connectivity index (χ1n) is 4.85. The second-order valence-corrected chi connectivity index (χ2v) is 5.18. The van der Waals surface area contributed by atoms with Crippen LogP contribution in [0.5, 0.6) is 0 Å². The Hall–Kier alpha value is -0.710. The Morgan fingerprint density at radius 3 is 2.50 bits per heavy atom. The highest BCUT2D eigenvalue weighted by atomic mass is 32.2. The van der Waals surface area contributed by atoms with Gasteiger partial charge in [0.2, 0.25) is 5.91 Å². The first kappa shape index (κ1) is 11.4. The number of primary amides is 1. The van der Waals surface area contributed by atoms with Crippen molar-refractivity contribution < 1.29 is 9.59 Å². The van der Waals surface area contributed by atoms with Crippen LogP contribution in [0, 0.1) is 0 Å². The number of nitrogens with two attached hydrogens (primary N) is 1. The average molecular weight is 216 g/mol. The van der Waals surface area contributed by atoms with E-state index in [4.69, 9.17) is 5.73 Å². The van der Waals surface area contributed by atoms with Crippen molar-refractivity contribution in [3.05, 3.63) is 0 Å². The van der Waals surface area contributed by atoms with Crippen LogP contribution in [0.15, 0.2) is 0 Å². The summed E-state index contributed by atoms with van der Waals surface area (Å²) < 4.78 is 0. The van der Waals surface area contributed by atoms with Crippen molar-refractivity contribution in [3.63, 3.8) is 0 Å². The highest BCUT2D eigenvalue weighted by molar-refractivity contribution is 8.01. The second kappa shape index (κ2) is 5.24. The molecule has 0 heterocycles. The van der Waals surface area contributed by atoms with Gasteiger partial charge in [-0.15, -0.1) is 11.8 Å². The zero-order valence-electron chi connectivity index (χ0n) is 8.29. The Kier molecular flexibility index (Phi) is 4.25. The summed E-state index contributed by atoms with van der Waals surface area (Å²) in [6.45, 7) is 1.81. The molecule has 0 saturated heterocycles. The molecule has 0 unspecified atom stereocenters. The summed E-state index contributed by atoms with van der Waals surface area (Å²) >= 11 is 1.64. The van der Waals surface area contributed by atoms with Crippen molar-refractivity contribution in [1.29, 1.82) is 0 Å². The molecule has 0 aromatic heterocycles. The lowest BCUT2D eigenvalue weighted by Crippen LogP contribution is -2.39. The number of carbonyl (C=O) groups is 2. The van der Waals surface area contributed by atoms with Crippen LogP contribution in [0.3, 0.4) is 0 Å². The van der Waals surface area contributed by atoms with Gasteiger partial charge in [-0.05, 0) is 19.8 Å². The van der Waals surface area contributed by atoms with E-state index in [0.717, 1.165) is 0 Å². The molecule has 0 aromatic carbocycles. The number of thioether (sulfide) groups is 1. The van der Waals surface area contributed by atoms with Crippen LogP contribution in [-0.4, -0.2) is 22.4 Å². The molecule has 1 fully saturated rings. The molecule has 14 heavy (non-hydrogen) atoms. The van der Waals surface area contributed by atoms with Crippen LogP contribution < -0.4 is 11.1 Å². The molecule has 3 amide bonds. The van der Waals surface area contributed by atoms with Crippen molar-refractivity contribution in [1.82, 2.24) is 5.32 Å². The largest absolute Gasteiger partial charge is 0.351 e. The molecule has 0 aromatic rings. The zero-order valence-corrected chi connectivity index (χ0v) is 9.10. The minimum Gasteiger partial charge on any atom is -0.351 e. The van der Waals surface area contributed by atoms with Gasteiger partial charge >= 0.3 is 6.03 Å². The maximum absolute atomic E-state index is 11.3. The molecule has 1 aliphatic carbocycles. The van der Waals surface area contributed by atoms with Crippen molar-refractivity contribution in [2.45, 2.75) is 43.1 Å². The number of carbonyl (C=O) groups excluding carboxylic acids is 2. The van der Waals surface area contributed by atoms with Crippen LogP contribution in [0.4, 0.5) is 4.79 Å². The number of amides is 3. The lowest BCUT2D eigenvalue weighted by molar-refractivity contribution is -0.119. The smallest absolute Gasteiger partial charge is 0.318 e. The molecule has 0 radical (unpaired) electrons. The van der Waals surface area contributed by atoms with Gasteiger partial charge in [-0.3, -0.25) is 10.1 Å². The Morgan fingerprint density at radius 1 is 1.43 bits per heavy atom. The molecule has 1 atom stereocenters. The third-order valence-corrected chi connectivity index (χ3v) is 3.79. The summed E-state index contributed by atoms with van der Waals surface area (Å²) in [6, 6.07) is -0.770. The van der Waals surface area contributed by atoms with Gasteiger partial charge in [0.05, 0.1) is 5.25 Å². The van der Waals surface area contributed by atoms with E-state index in [0.29, 0.717) is 5.25 Å². The maximum Gasteiger partial charge on any atom is 0.318 e. The van der Waals surface area contributed by atoms with Crippen molar-refractivity contribution in [2.75, 3.05) is 0 Å². The monoisotopic (exact) mass is 216 g/mol.